The molecule has 1 saturated heterocycles. The Labute approximate surface area is 74.6 Å². The van der Waals surface area contributed by atoms with Crippen molar-refractivity contribution >= 4 is 0 Å². The topological polar surface area (TPSA) is 15.3 Å². The van der Waals surface area contributed by atoms with Crippen molar-refractivity contribution in [2.45, 2.75) is 25.7 Å². The standard InChI is InChI=1S/C10H18N2/c1-8-10-6-4-3-5-9(10)7-11-12(8)2/h9-11H,1,3-7H2,2H3. The molecule has 1 heterocycles. The molecule has 1 aliphatic heterocycles. The van der Waals surface area contributed by atoms with Gasteiger partial charge in [0.1, 0.15) is 0 Å². The van der Waals surface area contributed by atoms with E-state index in [0.717, 1.165) is 18.4 Å². The second-order valence-electron chi connectivity index (χ2n) is 4.06. The van der Waals surface area contributed by atoms with Crippen LogP contribution in [0.15, 0.2) is 12.3 Å². The fourth-order valence-corrected chi connectivity index (χ4v) is 2.50. The van der Waals surface area contributed by atoms with Gasteiger partial charge in [-0.2, -0.15) is 0 Å². The van der Waals surface area contributed by atoms with Gasteiger partial charge in [0.15, 0.2) is 0 Å². The molecule has 2 atom stereocenters. The Morgan fingerprint density at radius 2 is 2.17 bits per heavy atom. The predicted octanol–water partition coefficient (Wildman–Crippen LogP) is 1.76. The number of hydrogen-bond donors (Lipinski definition) is 1. The van der Waals surface area contributed by atoms with Crippen LogP contribution in [0.1, 0.15) is 25.7 Å². The fourth-order valence-electron chi connectivity index (χ4n) is 2.50. The summed E-state index contributed by atoms with van der Waals surface area (Å²) in [5.41, 5.74) is 4.66. The van der Waals surface area contributed by atoms with E-state index in [4.69, 9.17) is 0 Å². The molecule has 0 aromatic carbocycles. The van der Waals surface area contributed by atoms with Gasteiger partial charge < -0.3 is 5.01 Å². The van der Waals surface area contributed by atoms with Crippen molar-refractivity contribution in [2.24, 2.45) is 11.8 Å². The predicted molar refractivity (Wildman–Crippen MR) is 50.4 cm³/mol. The molecule has 68 valence electrons. The Hall–Kier alpha value is -0.500. The first-order chi connectivity index (χ1) is 5.79. The van der Waals surface area contributed by atoms with Crippen molar-refractivity contribution in [1.82, 2.24) is 10.4 Å². The second-order valence-corrected chi connectivity index (χ2v) is 4.06. The molecule has 0 aromatic rings. The van der Waals surface area contributed by atoms with Crippen LogP contribution in [-0.2, 0) is 0 Å². The monoisotopic (exact) mass is 166 g/mol. The molecule has 2 fully saturated rings. The molecule has 2 unspecified atom stereocenters. The van der Waals surface area contributed by atoms with Gasteiger partial charge in [0, 0.05) is 25.2 Å². The van der Waals surface area contributed by atoms with Gasteiger partial charge in [0.2, 0.25) is 0 Å². The SMILES string of the molecule is C=C1C2CCCCC2CNN1C. The number of hydrazine groups is 1. The summed E-state index contributed by atoms with van der Waals surface area (Å²) in [4.78, 5) is 0. The third kappa shape index (κ3) is 1.24. The smallest absolute Gasteiger partial charge is 0.0253 e. The zero-order valence-electron chi connectivity index (χ0n) is 7.84. The summed E-state index contributed by atoms with van der Waals surface area (Å²) in [6.07, 6.45) is 5.56. The van der Waals surface area contributed by atoms with Crippen LogP contribution < -0.4 is 5.43 Å². The molecule has 0 amide bonds. The van der Waals surface area contributed by atoms with Crippen LogP contribution in [0, 0.1) is 11.8 Å². The summed E-state index contributed by atoms with van der Waals surface area (Å²) >= 11 is 0. The minimum absolute atomic E-state index is 0.769. The molecule has 0 aromatic heterocycles. The Morgan fingerprint density at radius 1 is 1.42 bits per heavy atom. The summed E-state index contributed by atoms with van der Waals surface area (Å²) in [6.45, 7) is 5.30. The number of nitrogens with zero attached hydrogens (tertiary/aromatic N) is 1. The van der Waals surface area contributed by atoms with E-state index < -0.39 is 0 Å². The third-order valence-corrected chi connectivity index (χ3v) is 3.36. The van der Waals surface area contributed by atoms with Crippen molar-refractivity contribution in [3.05, 3.63) is 12.3 Å². The fraction of sp³-hybridized carbons (Fsp3) is 0.800. The summed E-state index contributed by atoms with van der Waals surface area (Å²) in [7, 11) is 2.08. The number of rotatable bonds is 0. The van der Waals surface area contributed by atoms with E-state index in [9.17, 15) is 0 Å². The van der Waals surface area contributed by atoms with Crippen molar-refractivity contribution < 1.29 is 0 Å². The zero-order chi connectivity index (χ0) is 8.55. The number of hydrogen-bond acceptors (Lipinski definition) is 2. The highest BCUT2D eigenvalue weighted by molar-refractivity contribution is 5.05. The average molecular weight is 166 g/mol. The highest BCUT2D eigenvalue weighted by Crippen LogP contribution is 2.36. The highest BCUT2D eigenvalue weighted by atomic mass is 15.5. The van der Waals surface area contributed by atoms with Crippen molar-refractivity contribution in [2.75, 3.05) is 13.6 Å². The number of allylic oxidation sites excluding steroid dienone is 1. The van der Waals surface area contributed by atoms with E-state index in [0.29, 0.717) is 0 Å². The lowest BCUT2D eigenvalue weighted by Gasteiger charge is -2.42. The lowest BCUT2D eigenvalue weighted by atomic mass is 9.76. The molecule has 2 rings (SSSR count). The normalized spacial score (nSPS) is 36.4. The molecule has 2 aliphatic rings. The summed E-state index contributed by atoms with van der Waals surface area (Å²) in [5, 5.41) is 2.10. The first-order valence-electron chi connectivity index (χ1n) is 4.95. The molecular formula is C10H18N2. The second kappa shape index (κ2) is 3.09. The van der Waals surface area contributed by atoms with Gasteiger partial charge in [-0.25, -0.2) is 5.43 Å². The van der Waals surface area contributed by atoms with Crippen molar-refractivity contribution in [3.63, 3.8) is 0 Å². The van der Waals surface area contributed by atoms with Gasteiger partial charge >= 0.3 is 0 Å². The summed E-state index contributed by atoms with van der Waals surface area (Å²) < 4.78 is 0. The van der Waals surface area contributed by atoms with E-state index in [1.165, 1.54) is 31.4 Å². The van der Waals surface area contributed by atoms with Crippen LogP contribution in [0.4, 0.5) is 0 Å². The lowest BCUT2D eigenvalue weighted by molar-refractivity contribution is 0.119. The Morgan fingerprint density at radius 3 is 3.00 bits per heavy atom. The largest absolute Gasteiger partial charge is 0.316 e. The van der Waals surface area contributed by atoms with Gasteiger partial charge in [-0.1, -0.05) is 19.4 Å². The van der Waals surface area contributed by atoms with Crippen LogP contribution in [-0.4, -0.2) is 18.6 Å². The first-order valence-corrected chi connectivity index (χ1v) is 4.95. The quantitative estimate of drug-likeness (QED) is 0.590. The lowest BCUT2D eigenvalue weighted by Crippen LogP contribution is -2.48. The Balaban J connectivity index is 2.08. The van der Waals surface area contributed by atoms with Gasteiger partial charge in [0.05, 0.1) is 0 Å². The van der Waals surface area contributed by atoms with Crippen LogP contribution >= 0.6 is 0 Å². The minimum atomic E-state index is 0.769. The van der Waals surface area contributed by atoms with E-state index in [1.54, 1.807) is 0 Å². The van der Waals surface area contributed by atoms with Gasteiger partial charge in [-0.15, -0.1) is 0 Å². The van der Waals surface area contributed by atoms with Gasteiger partial charge in [0.25, 0.3) is 0 Å². The average Bonchev–Trinajstić information content (AvgIpc) is 2.12. The molecule has 2 heteroatoms. The van der Waals surface area contributed by atoms with Crippen LogP contribution in [0.5, 0.6) is 0 Å². The van der Waals surface area contributed by atoms with Crippen LogP contribution in [0.25, 0.3) is 0 Å². The summed E-state index contributed by atoms with van der Waals surface area (Å²) in [5.74, 6) is 1.63. The molecule has 12 heavy (non-hydrogen) atoms. The molecule has 1 saturated carbocycles. The first kappa shape index (κ1) is 8.11. The summed E-state index contributed by atoms with van der Waals surface area (Å²) in [6, 6.07) is 0. The number of nitrogens with one attached hydrogen (secondary N) is 1. The maximum atomic E-state index is 4.14. The van der Waals surface area contributed by atoms with E-state index in [1.807, 2.05) is 0 Å². The minimum Gasteiger partial charge on any atom is -0.316 e. The van der Waals surface area contributed by atoms with E-state index in [-0.39, 0.29) is 0 Å². The highest BCUT2D eigenvalue weighted by Gasteiger charge is 2.32. The van der Waals surface area contributed by atoms with Crippen LogP contribution in [0.2, 0.25) is 0 Å². The molecule has 2 nitrogen and oxygen atoms in total. The molecule has 0 spiro atoms. The third-order valence-electron chi connectivity index (χ3n) is 3.36. The molecule has 1 N–H and O–H groups in total. The molecule has 0 radical (unpaired) electrons. The molecule has 1 aliphatic carbocycles. The maximum Gasteiger partial charge on any atom is 0.0253 e. The number of fused-ring (bicyclic) bond motifs is 1. The van der Waals surface area contributed by atoms with E-state index in [2.05, 4.69) is 24.1 Å². The van der Waals surface area contributed by atoms with Crippen molar-refractivity contribution in [1.29, 1.82) is 0 Å². The zero-order valence-corrected chi connectivity index (χ0v) is 7.84. The maximum absolute atomic E-state index is 4.14. The van der Waals surface area contributed by atoms with Crippen molar-refractivity contribution in [3.8, 4) is 0 Å². The Kier molecular flexibility index (Phi) is 2.09. The van der Waals surface area contributed by atoms with E-state index >= 15 is 0 Å². The van der Waals surface area contributed by atoms with Crippen LogP contribution in [0.3, 0.4) is 0 Å². The van der Waals surface area contributed by atoms with Gasteiger partial charge in [-0.3, -0.25) is 0 Å². The molecular weight excluding hydrogens is 148 g/mol. The molecule has 0 bridgehead atoms. The van der Waals surface area contributed by atoms with Gasteiger partial charge in [-0.05, 0) is 18.8 Å². The Bertz CT molecular complexity index is 188.